The van der Waals surface area contributed by atoms with Gasteiger partial charge in [0.25, 0.3) is 11.5 Å². The molecule has 2 heterocycles. The molecule has 0 spiro atoms. The van der Waals surface area contributed by atoms with E-state index in [2.05, 4.69) is 10.6 Å². The molecule has 0 saturated heterocycles. The molecule has 0 radical (unpaired) electrons. The average Bonchev–Trinajstić information content (AvgIpc) is 3.84. The minimum Gasteiger partial charge on any atom is -0.312 e. The van der Waals surface area contributed by atoms with Gasteiger partial charge in [-0.15, -0.1) is 0 Å². The van der Waals surface area contributed by atoms with Gasteiger partial charge in [-0.05, 0) is 110 Å². The summed E-state index contributed by atoms with van der Waals surface area (Å²) in [7, 11) is 0. The van der Waals surface area contributed by atoms with E-state index < -0.39 is 11.8 Å². The molecule has 3 aromatic rings. The lowest BCUT2D eigenvalue weighted by Gasteiger charge is -2.34. The van der Waals surface area contributed by atoms with Crippen molar-refractivity contribution in [1.29, 1.82) is 0 Å². The lowest BCUT2D eigenvalue weighted by atomic mass is 9.78. The van der Waals surface area contributed by atoms with Crippen molar-refractivity contribution in [2.24, 2.45) is 11.8 Å². The van der Waals surface area contributed by atoms with Crippen molar-refractivity contribution in [3.05, 3.63) is 80.4 Å². The molecule has 7 nitrogen and oxygen atoms in total. The van der Waals surface area contributed by atoms with Crippen molar-refractivity contribution < 1.29 is 18.4 Å². The summed E-state index contributed by atoms with van der Waals surface area (Å²) in [6.45, 7) is 1.51. The van der Waals surface area contributed by atoms with Crippen LogP contribution in [0.4, 0.5) is 14.6 Å². The van der Waals surface area contributed by atoms with E-state index in [9.17, 15) is 23.2 Å². The number of amides is 1. The number of benzene rings is 1. The molecule has 4 aliphatic carbocycles. The van der Waals surface area contributed by atoms with Crippen LogP contribution in [0.3, 0.4) is 0 Å². The molecule has 10 heteroatoms. The first-order valence-corrected chi connectivity index (χ1v) is 16.5. The second-order valence-corrected chi connectivity index (χ2v) is 13.9. The van der Waals surface area contributed by atoms with Crippen LogP contribution < -0.4 is 16.2 Å². The molecule has 1 amide bonds. The van der Waals surface area contributed by atoms with Crippen molar-refractivity contribution >= 4 is 29.1 Å². The van der Waals surface area contributed by atoms with Gasteiger partial charge in [-0.3, -0.25) is 14.4 Å². The van der Waals surface area contributed by atoms with E-state index in [0.29, 0.717) is 46.4 Å². The zero-order chi connectivity index (χ0) is 31.3. The first kappa shape index (κ1) is 30.2. The average molecular weight is 635 g/mol. The Hall–Kier alpha value is -3.43. The largest absolute Gasteiger partial charge is 0.312 e. The Balaban J connectivity index is 1.15. The Kier molecular flexibility index (Phi) is 8.10. The number of hydrogen-bond acceptors (Lipinski definition) is 5. The molecule has 4 saturated carbocycles. The Morgan fingerprint density at radius 2 is 1.76 bits per heavy atom. The number of anilines is 1. The van der Waals surface area contributed by atoms with E-state index in [1.807, 2.05) is 12.3 Å². The Morgan fingerprint density at radius 3 is 2.44 bits per heavy atom. The standard InChI is InChI=1S/C35H37ClF2N4O3/c36-25-6-9-27(28(14-25)31(43)10-3-21-15-35(37,38)16-21)24-12-30(23-4-5-23)40-32(13-24)41-33(44)29-11-22(18-39-17-20-1-2-20)19-42(34(29)45)26-7-8-26/h6,9,11-14,19-21,23,26,39H,1-5,7-8,10,15-18H2,(H,40,41,44). The molecule has 45 heavy (non-hydrogen) atoms. The first-order valence-electron chi connectivity index (χ1n) is 16.1. The zero-order valence-electron chi connectivity index (χ0n) is 25.1. The highest BCUT2D eigenvalue weighted by Gasteiger charge is 2.44. The summed E-state index contributed by atoms with van der Waals surface area (Å²) in [5.74, 6) is -2.19. The zero-order valence-corrected chi connectivity index (χ0v) is 25.8. The van der Waals surface area contributed by atoms with Crippen LogP contribution in [0.5, 0.6) is 0 Å². The van der Waals surface area contributed by atoms with Crippen molar-refractivity contribution in [2.45, 2.75) is 88.6 Å². The summed E-state index contributed by atoms with van der Waals surface area (Å²) in [6.07, 6.45) is 8.35. The summed E-state index contributed by atoms with van der Waals surface area (Å²) < 4.78 is 28.4. The number of halogens is 3. The molecule has 0 aliphatic heterocycles. The van der Waals surface area contributed by atoms with Gasteiger partial charge in [0.2, 0.25) is 5.92 Å². The number of alkyl halides is 2. The third-order valence-electron chi connectivity index (χ3n) is 9.37. The van der Waals surface area contributed by atoms with Crippen LogP contribution in [0.25, 0.3) is 11.1 Å². The maximum Gasteiger partial charge on any atom is 0.263 e. The monoisotopic (exact) mass is 634 g/mol. The van der Waals surface area contributed by atoms with E-state index in [0.717, 1.165) is 43.5 Å². The lowest BCUT2D eigenvalue weighted by molar-refractivity contribution is -0.111. The highest BCUT2D eigenvalue weighted by molar-refractivity contribution is 6.31. The van der Waals surface area contributed by atoms with Gasteiger partial charge in [0.05, 0.1) is 0 Å². The van der Waals surface area contributed by atoms with Gasteiger partial charge in [0.1, 0.15) is 11.4 Å². The normalized spacial score (nSPS) is 19.3. The molecule has 1 aromatic carbocycles. The number of nitrogens with zero attached hydrogens (tertiary/aromatic N) is 2. The molecule has 2 aromatic heterocycles. The molecule has 4 aliphatic rings. The maximum atomic E-state index is 13.7. The molecule has 2 N–H and O–H groups in total. The van der Waals surface area contributed by atoms with Crippen LogP contribution in [0.2, 0.25) is 5.02 Å². The number of carbonyl (C=O) groups is 2. The van der Waals surface area contributed by atoms with E-state index in [1.54, 1.807) is 34.9 Å². The molecule has 4 fully saturated rings. The van der Waals surface area contributed by atoms with E-state index >= 15 is 0 Å². The number of rotatable bonds is 13. The highest BCUT2D eigenvalue weighted by atomic mass is 35.5. The number of Topliss-reactive ketones (excluding diaryl/α,β-unsaturated/α-hetero) is 1. The van der Waals surface area contributed by atoms with Gasteiger partial charge >= 0.3 is 0 Å². The fourth-order valence-electron chi connectivity index (χ4n) is 6.29. The maximum absolute atomic E-state index is 13.7. The Morgan fingerprint density at radius 1 is 0.978 bits per heavy atom. The molecule has 0 unspecified atom stereocenters. The van der Waals surface area contributed by atoms with Crippen LogP contribution in [0.1, 0.15) is 108 Å². The first-order chi connectivity index (χ1) is 21.6. The molecular weight excluding hydrogens is 598 g/mol. The van der Waals surface area contributed by atoms with E-state index in [4.69, 9.17) is 16.6 Å². The fraction of sp³-hybridized carbons (Fsp3) is 0.486. The lowest BCUT2D eigenvalue weighted by Crippen LogP contribution is -2.35. The van der Waals surface area contributed by atoms with E-state index in [-0.39, 0.29) is 54.0 Å². The number of nitrogens with one attached hydrogen (secondary N) is 2. The summed E-state index contributed by atoms with van der Waals surface area (Å²) in [5.41, 5.74) is 3.22. The third-order valence-corrected chi connectivity index (χ3v) is 9.61. The summed E-state index contributed by atoms with van der Waals surface area (Å²) in [4.78, 5) is 45.2. The number of carbonyl (C=O) groups excluding carboxylic acids is 2. The van der Waals surface area contributed by atoms with Crippen LogP contribution in [-0.2, 0) is 6.54 Å². The number of aromatic nitrogens is 2. The second-order valence-electron chi connectivity index (χ2n) is 13.5. The fourth-order valence-corrected chi connectivity index (χ4v) is 6.46. The van der Waals surface area contributed by atoms with Crippen LogP contribution in [-0.4, -0.2) is 33.7 Å². The van der Waals surface area contributed by atoms with Crippen molar-refractivity contribution in [2.75, 3.05) is 11.9 Å². The summed E-state index contributed by atoms with van der Waals surface area (Å²) in [5, 5.41) is 6.74. The molecular formula is C35H37ClF2N4O3. The van der Waals surface area contributed by atoms with Crippen LogP contribution in [0, 0.1) is 11.8 Å². The molecule has 0 atom stereocenters. The Labute approximate surface area is 265 Å². The second kappa shape index (κ2) is 12.1. The minimum absolute atomic E-state index is 0.0803. The molecule has 236 valence electrons. The summed E-state index contributed by atoms with van der Waals surface area (Å²) in [6, 6.07) is 10.6. The Bertz CT molecular complexity index is 1700. The SMILES string of the molecule is O=C(CCC1CC(F)(F)C1)c1cc(Cl)ccc1-c1cc(NC(=O)c2cc(CNCC3CC3)cn(C3CC3)c2=O)nc(C2CC2)c1. The highest BCUT2D eigenvalue weighted by Crippen LogP contribution is 2.45. The van der Waals surface area contributed by atoms with Crippen LogP contribution >= 0.6 is 11.6 Å². The number of hydrogen-bond donors (Lipinski definition) is 2. The number of pyridine rings is 2. The van der Waals surface area contributed by atoms with Gasteiger partial charge in [-0.1, -0.05) is 17.7 Å². The minimum atomic E-state index is -2.62. The van der Waals surface area contributed by atoms with E-state index in [1.165, 1.54) is 12.8 Å². The smallest absolute Gasteiger partial charge is 0.263 e. The molecule has 7 rings (SSSR count). The van der Waals surface area contributed by atoms with Gasteiger partial charge in [-0.25, -0.2) is 13.8 Å². The van der Waals surface area contributed by atoms with Crippen LogP contribution in [0.15, 0.2) is 47.4 Å². The van der Waals surface area contributed by atoms with Gasteiger partial charge in [-0.2, -0.15) is 0 Å². The predicted octanol–water partition coefficient (Wildman–Crippen LogP) is 7.54. The predicted molar refractivity (Wildman–Crippen MR) is 169 cm³/mol. The van der Waals surface area contributed by atoms with Gasteiger partial charge in [0, 0.05) is 60.2 Å². The van der Waals surface area contributed by atoms with Crippen molar-refractivity contribution in [3.63, 3.8) is 0 Å². The van der Waals surface area contributed by atoms with Gasteiger partial charge < -0.3 is 15.2 Å². The topological polar surface area (TPSA) is 93.1 Å². The van der Waals surface area contributed by atoms with Crippen molar-refractivity contribution in [3.8, 4) is 11.1 Å². The van der Waals surface area contributed by atoms with Crippen molar-refractivity contribution in [1.82, 2.24) is 14.9 Å². The van der Waals surface area contributed by atoms with Gasteiger partial charge in [0.15, 0.2) is 5.78 Å². The summed E-state index contributed by atoms with van der Waals surface area (Å²) >= 11 is 6.31. The third kappa shape index (κ3) is 7.20. The number of ketones is 1. The quantitative estimate of drug-likeness (QED) is 0.190. The molecule has 0 bridgehead atoms.